The van der Waals surface area contributed by atoms with E-state index in [1.54, 1.807) is 19.1 Å². The van der Waals surface area contributed by atoms with E-state index >= 15 is 0 Å². The molecule has 1 N–H and O–H groups in total. The number of anilines is 1. The average molecular weight is 579 g/mol. The van der Waals surface area contributed by atoms with Gasteiger partial charge in [0.2, 0.25) is 5.91 Å². The maximum Gasteiger partial charge on any atom is 0.264 e. The van der Waals surface area contributed by atoms with Gasteiger partial charge in [-0.2, -0.15) is 10.2 Å². The van der Waals surface area contributed by atoms with E-state index in [0.717, 1.165) is 15.7 Å². The first-order chi connectivity index (χ1) is 18.2. The van der Waals surface area contributed by atoms with E-state index in [0.29, 0.717) is 34.9 Å². The Kier molecular flexibility index (Phi) is 7.07. The lowest BCUT2D eigenvalue weighted by Gasteiger charge is -2.10. The van der Waals surface area contributed by atoms with Gasteiger partial charge in [0.05, 0.1) is 40.4 Å². The van der Waals surface area contributed by atoms with Crippen LogP contribution in [0, 0.1) is 20.8 Å². The summed E-state index contributed by atoms with van der Waals surface area (Å²) in [5.41, 5.74) is 4.77. The highest BCUT2D eigenvalue weighted by Crippen LogP contribution is 2.33. The Morgan fingerprint density at radius 3 is 2.34 bits per heavy atom. The zero-order valence-corrected chi connectivity index (χ0v) is 22.6. The molecule has 0 spiro atoms. The van der Waals surface area contributed by atoms with Crippen LogP contribution in [0.25, 0.3) is 22.3 Å². The average Bonchev–Trinajstić information content (AvgIpc) is 3.35. The fourth-order valence-corrected chi connectivity index (χ4v) is 4.80. The number of hydrogen-bond acceptors (Lipinski definition) is 4. The molecule has 2 aromatic carbocycles. The Labute approximate surface area is 226 Å². The summed E-state index contributed by atoms with van der Waals surface area (Å²) in [6, 6.07) is 18.5. The number of benzene rings is 2. The van der Waals surface area contributed by atoms with Crippen molar-refractivity contribution in [1.82, 2.24) is 24.5 Å². The molecule has 0 unspecified atom stereocenters. The van der Waals surface area contributed by atoms with Gasteiger partial charge in [0.15, 0.2) is 5.65 Å². The van der Waals surface area contributed by atoms with Gasteiger partial charge < -0.3 is 5.32 Å². The van der Waals surface area contributed by atoms with Gasteiger partial charge in [0.25, 0.3) is 6.43 Å². The molecule has 3 aromatic heterocycles. The van der Waals surface area contributed by atoms with Gasteiger partial charge in [0.1, 0.15) is 6.54 Å². The largest absolute Gasteiger partial charge is 0.321 e. The second kappa shape index (κ2) is 10.4. The Morgan fingerprint density at radius 1 is 0.974 bits per heavy atom. The first-order valence-electron chi connectivity index (χ1n) is 12.0. The lowest BCUT2D eigenvalue weighted by atomic mass is 10.1. The van der Waals surface area contributed by atoms with Crippen LogP contribution in [-0.2, 0) is 17.9 Å². The van der Waals surface area contributed by atoms with Gasteiger partial charge in [-0.1, -0.05) is 58.4 Å². The maximum atomic E-state index is 14.0. The number of carbonyl (C=O) groups excluding carboxylic acids is 1. The zero-order chi connectivity index (χ0) is 27.0. The minimum Gasteiger partial charge on any atom is -0.321 e. The number of carbonyl (C=O) groups is 1. The number of fused-ring (bicyclic) bond motifs is 1. The van der Waals surface area contributed by atoms with Crippen LogP contribution in [0.1, 0.15) is 34.6 Å². The first-order valence-corrected chi connectivity index (χ1v) is 12.8. The van der Waals surface area contributed by atoms with Gasteiger partial charge in [-0.25, -0.2) is 18.4 Å². The predicted octanol–water partition coefficient (Wildman–Crippen LogP) is 6.61. The molecular weight excluding hydrogens is 554 g/mol. The van der Waals surface area contributed by atoms with Gasteiger partial charge in [-0.3, -0.25) is 9.48 Å². The van der Waals surface area contributed by atoms with Gasteiger partial charge in [-0.05, 0) is 44.5 Å². The Morgan fingerprint density at radius 2 is 1.66 bits per heavy atom. The summed E-state index contributed by atoms with van der Waals surface area (Å²) >= 11 is 3.44. The van der Waals surface area contributed by atoms with Crippen LogP contribution < -0.4 is 5.32 Å². The second-order valence-corrected chi connectivity index (χ2v) is 10.00. The number of nitrogens with one attached hydrogen (secondary N) is 1. The van der Waals surface area contributed by atoms with Gasteiger partial charge in [0, 0.05) is 15.6 Å². The van der Waals surface area contributed by atoms with Crippen LogP contribution in [0.5, 0.6) is 0 Å². The Hall–Kier alpha value is -3.92. The van der Waals surface area contributed by atoms with Gasteiger partial charge >= 0.3 is 0 Å². The third-order valence-corrected chi connectivity index (χ3v) is 6.93. The van der Waals surface area contributed by atoms with E-state index < -0.39 is 6.43 Å². The summed E-state index contributed by atoms with van der Waals surface area (Å²) in [5, 5.41) is 12.2. The minimum atomic E-state index is -2.71. The van der Waals surface area contributed by atoms with E-state index in [-0.39, 0.29) is 29.0 Å². The topological polar surface area (TPSA) is 77.6 Å². The highest BCUT2D eigenvalue weighted by molar-refractivity contribution is 9.10. The predicted molar refractivity (Wildman–Crippen MR) is 146 cm³/mol. The smallest absolute Gasteiger partial charge is 0.264 e. The SMILES string of the molecule is Cc1nn(Cc2ccc(Br)cc2)c(C)c1NC(=O)Cn1nc(C)c2c(C(F)F)cc(-c3ccccc3)nc21. The van der Waals surface area contributed by atoms with Crippen LogP contribution >= 0.6 is 15.9 Å². The summed E-state index contributed by atoms with van der Waals surface area (Å²) in [6.45, 7) is 5.74. The van der Waals surface area contributed by atoms with Crippen molar-refractivity contribution >= 4 is 38.6 Å². The molecule has 0 saturated heterocycles. The lowest BCUT2D eigenvalue weighted by Crippen LogP contribution is -2.20. The number of nitrogens with zero attached hydrogens (tertiary/aromatic N) is 5. The molecule has 0 atom stereocenters. The summed E-state index contributed by atoms with van der Waals surface area (Å²) in [6.07, 6.45) is -2.71. The molecule has 0 fully saturated rings. The number of pyridine rings is 1. The number of alkyl halides is 2. The Balaban J connectivity index is 1.43. The standard InChI is InChI=1S/C28H25BrF2N6O/c1-16-25-22(27(30)31)13-23(20-7-5-4-6-8-20)32-28(25)37(34-16)15-24(38)33-26-17(2)35-36(18(26)3)14-19-9-11-21(29)12-10-19/h4-13,27H,14-15H2,1-3H3,(H,33,38). The zero-order valence-electron chi connectivity index (χ0n) is 21.0. The first kappa shape index (κ1) is 25.7. The van der Waals surface area contributed by atoms with Gasteiger partial charge in [-0.15, -0.1) is 0 Å². The van der Waals surface area contributed by atoms with Crippen LogP contribution in [-0.4, -0.2) is 30.5 Å². The van der Waals surface area contributed by atoms with Crippen molar-refractivity contribution in [3.8, 4) is 11.3 Å². The molecule has 0 saturated carbocycles. The maximum absolute atomic E-state index is 14.0. The number of amides is 1. The van der Waals surface area contributed by atoms with E-state index in [1.165, 1.54) is 10.7 Å². The van der Waals surface area contributed by atoms with Crippen molar-refractivity contribution in [2.75, 3.05) is 5.32 Å². The molecule has 3 heterocycles. The van der Waals surface area contributed by atoms with Crippen LogP contribution in [0.4, 0.5) is 14.5 Å². The highest BCUT2D eigenvalue weighted by atomic mass is 79.9. The highest BCUT2D eigenvalue weighted by Gasteiger charge is 2.23. The number of aromatic nitrogens is 5. The van der Waals surface area contributed by atoms with Crippen molar-refractivity contribution < 1.29 is 13.6 Å². The van der Waals surface area contributed by atoms with E-state index in [2.05, 4.69) is 36.4 Å². The molecule has 0 aliphatic rings. The molecular formula is C28H25BrF2N6O. The number of halogens is 3. The molecule has 7 nitrogen and oxygen atoms in total. The monoisotopic (exact) mass is 578 g/mol. The van der Waals surface area contributed by atoms with Crippen LogP contribution in [0.2, 0.25) is 0 Å². The fourth-order valence-electron chi connectivity index (χ4n) is 4.54. The quantitative estimate of drug-likeness (QED) is 0.236. The number of hydrogen-bond donors (Lipinski definition) is 1. The molecule has 0 bridgehead atoms. The van der Waals surface area contributed by atoms with E-state index in [9.17, 15) is 13.6 Å². The lowest BCUT2D eigenvalue weighted by molar-refractivity contribution is -0.116. The number of rotatable bonds is 7. The van der Waals surface area contributed by atoms with Crippen molar-refractivity contribution in [1.29, 1.82) is 0 Å². The van der Waals surface area contributed by atoms with E-state index in [1.807, 2.05) is 61.0 Å². The summed E-state index contributed by atoms with van der Waals surface area (Å²) < 4.78 is 32.3. The summed E-state index contributed by atoms with van der Waals surface area (Å²) in [7, 11) is 0. The molecule has 1 amide bonds. The third kappa shape index (κ3) is 5.08. The minimum absolute atomic E-state index is 0.154. The molecule has 194 valence electrons. The fraction of sp³-hybridized carbons (Fsp3) is 0.214. The summed E-state index contributed by atoms with van der Waals surface area (Å²) in [5.74, 6) is -0.352. The van der Waals surface area contributed by atoms with Crippen LogP contribution in [0.15, 0.2) is 65.1 Å². The molecule has 0 aliphatic carbocycles. The van der Waals surface area contributed by atoms with Crippen molar-refractivity contribution in [3.05, 3.63) is 93.3 Å². The molecule has 10 heteroatoms. The van der Waals surface area contributed by atoms with Crippen molar-refractivity contribution in [2.24, 2.45) is 0 Å². The molecule has 38 heavy (non-hydrogen) atoms. The number of aryl methyl sites for hydroxylation is 2. The third-order valence-electron chi connectivity index (χ3n) is 6.40. The molecule has 0 radical (unpaired) electrons. The van der Waals surface area contributed by atoms with E-state index in [4.69, 9.17) is 0 Å². The summed E-state index contributed by atoms with van der Waals surface area (Å²) in [4.78, 5) is 17.8. The van der Waals surface area contributed by atoms with Crippen molar-refractivity contribution in [2.45, 2.75) is 40.3 Å². The molecule has 0 aliphatic heterocycles. The van der Waals surface area contributed by atoms with Crippen LogP contribution in [0.3, 0.4) is 0 Å². The Bertz CT molecular complexity index is 1630. The van der Waals surface area contributed by atoms with Crippen molar-refractivity contribution in [3.63, 3.8) is 0 Å². The normalized spacial score (nSPS) is 11.4. The molecule has 5 rings (SSSR count). The molecule has 5 aromatic rings. The second-order valence-electron chi connectivity index (χ2n) is 9.08.